The largest absolute Gasteiger partial charge is 0.392 e. The zero-order chi connectivity index (χ0) is 16.5. The van der Waals surface area contributed by atoms with Gasteiger partial charge in [-0.1, -0.05) is 42.5 Å². The van der Waals surface area contributed by atoms with Crippen LogP contribution in [0.15, 0.2) is 73.1 Å². The Labute approximate surface area is 138 Å². The number of hydrogen-bond acceptors (Lipinski definition) is 2. The summed E-state index contributed by atoms with van der Waals surface area (Å²) in [5.74, 6) is -0.397. The number of imidazole rings is 1. The number of pyridine rings is 1. The van der Waals surface area contributed by atoms with Crippen LogP contribution in [0.4, 0.5) is 4.39 Å². The topological polar surface area (TPSA) is 37.5 Å². The van der Waals surface area contributed by atoms with Gasteiger partial charge in [0.1, 0.15) is 11.5 Å². The van der Waals surface area contributed by atoms with Gasteiger partial charge >= 0.3 is 0 Å². The fourth-order valence-electron chi connectivity index (χ4n) is 2.77. The van der Waals surface area contributed by atoms with Gasteiger partial charge in [0.25, 0.3) is 0 Å². The second-order valence-corrected chi connectivity index (χ2v) is 5.64. The maximum Gasteiger partial charge on any atom is 0.137 e. The highest BCUT2D eigenvalue weighted by Crippen LogP contribution is 2.25. The molecule has 0 saturated carbocycles. The van der Waals surface area contributed by atoms with Gasteiger partial charge in [-0.15, -0.1) is 0 Å². The van der Waals surface area contributed by atoms with Gasteiger partial charge in [0.15, 0.2) is 0 Å². The lowest BCUT2D eigenvalue weighted by molar-refractivity contribution is 0.276. The maximum atomic E-state index is 13.9. The van der Waals surface area contributed by atoms with Gasteiger partial charge in [-0.3, -0.25) is 0 Å². The first-order chi connectivity index (χ1) is 11.7. The Morgan fingerprint density at radius 3 is 2.42 bits per heavy atom. The highest BCUT2D eigenvalue weighted by Gasteiger charge is 2.08. The van der Waals surface area contributed by atoms with E-state index < -0.39 is 5.82 Å². The Kier molecular flexibility index (Phi) is 3.59. The summed E-state index contributed by atoms with van der Waals surface area (Å²) in [7, 11) is 0. The Bertz CT molecular complexity index is 1010. The molecule has 2 aromatic heterocycles. The van der Waals surface area contributed by atoms with Crippen molar-refractivity contribution < 1.29 is 9.50 Å². The van der Waals surface area contributed by atoms with Crippen LogP contribution in [0.2, 0.25) is 0 Å². The summed E-state index contributed by atoms with van der Waals surface area (Å²) in [6, 6.07) is 18.7. The SMILES string of the molecule is OCc1ccc(-c2ccc3nc(-c4ccccc4)cn3c2)cc1F. The van der Waals surface area contributed by atoms with Crippen LogP contribution in [-0.2, 0) is 6.61 Å². The Hall–Kier alpha value is -2.98. The van der Waals surface area contributed by atoms with E-state index in [9.17, 15) is 4.39 Å². The monoisotopic (exact) mass is 318 g/mol. The highest BCUT2D eigenvalue weighted by molar-refractivity contribution is 5.68. The second kappa shape index (κ2) is 5.91. The molecule has 0 unspecified atom stereocenters. The van der Waals surface area contributed by atoms with Crippen molar-refractivity contribution >= 4 is 5.65 Å². The summed E-state index contributed by atoms with van der Waals surface area (Å²) in [5, 5.41) is 9.08. The number of aliphatic hydroxyl groups is 1. The summed E-state index contributed by atoms with van der Waals surface area (Å²) >= 11 is 0. The van der Waals surface area contributed by atoms with E-state index in [1.54, 1.807) is 6.07 Å². The molecule has 0 atom stereocenters. The Morgan fingerprint density at radius 2 is 1.67 bits per heavy atom. The smallest absolute Gasteiger partial charge is 0.137 e. The molecule has 0 saturated heterocycles. The summed E-state index contributed by atoms with van der Waals surface area (Å²) < 4.78 is 15.8. The minimum Gasteiger partial charge on any atom is -0.392 e. The lowest BCUT2D eigenvalue weighted by atomic mass is 10.1. The van der Waals surface area contributed by atoms with E-state index in [-0.39, 0.29) is 6.61 Å². The predicted octanol–water partition coefficient (Wildman–Crippen LogP) is 4.30. The quantitative estimate of drug-likeness (QED) is 0.611. The minimum absolute atomic E-state index is 0.299. The van der Waals surface area contributed by atoms with Crippen LogP contribution < -0.4 is 0 Å². The summed E-state index contributed by atoms with van der Waals surface area (Å²) in [5.41, 5.74) is 4.75. The molecule has 0 aliphatic heterocycles. The van der Waals surface area contributed by atoms with Gasteiger partial charge in [-0.2, -0.15) is 0 Å². The molecule has 4 aromatic rings. The van der Waals surface area contributed by atoms with Crippen LogP contribution in [0, 0.1) is 5.82 Å². The number of benzene rings is 2. The lowest BCUT2D eigenvalue weighted by Gasteiger charge is -2.05. The molecule has 0 radical (unpaired) electrons. The molecule has 0 spiro atoms. The van der Waals surface area contributed by atoms with Gasteiger partial charge in [0, 0.05) is 23.5 Å². The lowest BCUT2D eigenvalue weighted by Crippen LogP contribution is -1.91. The molecule has 3 nitrogen and oxygen atoms in total. The summed E-state index contributed by atoms with van der Waals surface area (Å²) in [6.07, 6.45) is 3.90. The van der Waals surface area contributed by atoms with Crippen molar-refractivity contribution in [2.75, 3.05) is 0 Å². The van der Waals surface area contributed by atoms with Crippen molar-refractivity contribution in [2.24, 2.45) is 0 Å². The third kappa shape index (κ3) is 2.57. The normalized spacial score (nSPS) is 11.1. The minimum atomic E-state index is -0.397. The van der Waals surface area contributed by atoms with E-state index in [0.717, 1.165) is 28.0 Å². The molecule has 0 bridgehead atoms. The number of nitrogens with zero attached hydrogens (tertiary/aromatic N) is 2. The Morgan fingerprint density at radius 1 is 0.875 bits per heavy atom. The average Bonchev–Trinajstić information content (AvgIpc) is 3.05. The molecule has 2 aromatic carbocycles. The van der Waals surface area contributed by atoms with Gasteiger partial charge < -0.3 is 9.51 Å². The van der Waals surface area contributed by atoms with E-state index in [1.165, 1.54) is 6.07 Å². The Balaban J connectivity index is 1.77. The molecule has 118 valence electrons. The molecule has 0 fully saturated rings. The van der Waals surface area contributed by atoms with Crippen LogP contribution in [0.1, 0.15) is 5.56 Å². The number of halogens is 1. The molecule has 4 heteroatoms. The first kappa shape index (κ1) is 14.6. The van der Waals surface area contributed by atoms with Crippen LogP contribution in [-0.4, -0.2) is 14.5 Å². The van der Waals surface area contributed by atoms with Crippen molar-refractivity contribution in [3.63, 3.8) is 0 Å². The second-order valence-electron chi connectivity index (χ2n) is 5.64. The van der Waals surface area contributed by atoms with Crippen LogP contribution >= 0.6 is 0 Å². The first-order valence-electron chi connectivity index (χ1n) is 7.68. The zero-order valence-corrected chi connectivity index (χ0v) is 12.9. The van der Waals surface area contributed by atoms with Crippen LogP contribution in [0.25, 0.3) is 28.0 Å². The molecule has 0 aliphatic carbocycles. The number of rotatable bonds is 3. The van der Waals surface area contributed by atoms with E-state index in [1.807, 2.05) is 65.3 Å². The zero-order valence-electron chi connectivity index (χ0n) is 12.9. The molecule has 1 N–H and O–H groups in total. The van der Waals surface area contributed by atoms with Crippen LogP contribution in [0.3, 0.4) is 0 Å². The fraction of sp³-hybridized carbons (Fsp3) is 0.0500. The predicted molar refractivity (Wildman–Crippen MR) is 91.9 cm³/mol. The number of aromatic nitrogens is 2. The van der Waals surface area contributed by atoms with E-state index in [0.29, 0.717) is 5.56 Å². The highest BCUT2D eigenvalue weighted by atomic mass is 19.1. The van der Waals surface area contributed by atoms with Crippen molar-refractivity contribution in [3.8, 4) is 22.4 Å². The van der Waals surface area contributed by atoms with E-state index in [4.69, 9.17) is 5.11 Å². The molecule has 0 aliphatic rings. The molecule has 2 heterocycles. The van der Waals surface area contributed by atoms with Crippen molar-refractivity contribution in [1.82, 2.24) is 9.38 Å². The van der Waals surface area contributed by atoms with Crippen molar-refractivity contribution in [3.05, 3.63) is 84.4 Å². The number of hydrogen-bond donors (Lipinski definition) is 1. The molecule has 0 amide bonds. The van der Waals surface area contributed by atoms with Crippen LogP contribution in [0.5, 0.6) is 0 Å². The van der Waals surface area contributed by atoms with Crippen molar-refractivity contribution in [2.45, 2.75) is 6.61 Å². The standard InChI is InChI=1S/C20H15FN2O/c21-18-10-15(6-7-17(18)13-24)16-8-9-20-22-19(12-23(20)11-16)14-4-2-1-3-5-14/h1-12,24H,13H2. The van der Waals surface area contributed by atoms with Crippen molar-refractivity contribution in [1.29, 1.82) is 0 Å². The van der Waals surface area contributed by atoms with Gasteiger partial charge in [-0.25, -0.2) is 9.37 Å². The summed E-state index contributed by atoms with van der Waals surface area (Å²) in [6.45, 7) is -0.299. The average molecular weight is 318 g/mol. The van der Waals surface area contributed by atoms with E-state index >= 15 is 0 Å². The molecule has 24 heavy (non-hydrogen) atoms. The third-order valence-electron chi connectivity index (χ3n) is 4.08. The molecule has 4 rings (SSSR count). The fourth-order valence-corrected chi connectivity index (χ4v) is 2.77. The molecular weight excluding hydrogens is 303 g/mol. The van der Waals surface area contributed by atoms with Gasteiger partial charge in [-0.05, 0) is 29.3 Å². The maximum absolute atomic E-state index is 13.9. The van der Waals surface area contributed by atoms with Gasteiger partial charge in [0.2, 0.25) is 0 Å². The first-order valence-corrected chi connectivity index (χ1v) is 7.68. The van der Waals surface area contributed by atoms with E-state index in [2.05, 4.69) is 4.98 Å². The number of fused-ring (bicyclic) bond motifs is 1. The third-order valence-corrected chi connectivity index (χ3v) is 4.08. The van der Waals surface area contributed by atoms with Gasteiger partial charge in [0.05, 0.1) is 12.3 Å². The number of aliphatic hydroxyl groups excluding tert-OH is 1. The summed E-state index contributed by atoms with van der Waals surface area (Å²) in [4.78, 5) is 4.62. The molecular formula is C20H15FN2O.